The molecule has 0 aliphatic carbocycles. The van der Waals surface area contributed by atoms with Crippen LogP contribution in [0.3, 0.4) is 0 Å². The number of ether oxygens (including phenoxy) is 2. The first-order valence-corrected chi connectivity index (χ1v) is 15.3. The molecule has 0 bridgehead atoms. The molecule has 2 aliphatic heterocycles. The van der Waals surface area contributed by atoms with Gasteiger partial charge in [-0.3, -0.25) is 9.59 Å². The summed E-state index contributed by atoms with van der Waals surface area (Å²) >= 11 is 0. The Hall–Kier alpha value is -3.93. The lowest BCUT2D eigenvalue weighted by Crippen LogP contribution is -2.40. The van der Waals surface area contributed by atoms with Gasteiger partial charge in [-0.15, -0.1) is 0 Å². The lowest BCUT2D eigenvalue weighted by atomic mass is 9.83. The van der Waals surface area contributed by atoms with E-state index in [2.05, 4.69) is 57.3 Å². The zero-order chi connectivity index (χ0) is 30.6. The van der Waals surface area contributed by atoms with Crippen molar-refractivity contribution in [1.29, 1.82) is 0 Å². The van der Waals surface area contributed by atoms with Gasteiger partial charge in [-0.2, -0.15) is 0 Å². The molecule has 8 heteroatoms. The van der Waals surface area contributed by atoms with Crippen LogP contribution in [0.2, 0.25) is 0 Å². The summed E-state index contributed by atoms with van der Waals surface area (Å²) in [5, 5.41) is 3.02. The second-order valence-electron chi connectivity index (χ2n) is 11.8. The number of anilines is 1. The zero-order valence-corrected chi connectivity index (χ0v) is 25.7. The van der Waals surface area contributed by atoms with Gasteiger partial charge >= 0.3 is 0 Å². The fourth-order valence-electron chi connectivity index (χ4n) is 6.53. The highest BCUT2D eigenvalue weighted by atomic mass is 16.5. The molecule has 2 aliphatic rings. The van der Waals surface area contributed by atoms with E-state index in [4.69, 9.17) is 16.0 Å². The number of pyridine rings is 1. The van der Waals surface area contributed by atoms with Crippen LogP contribution in [0.4, 0.5) is 5.69 Å². The number of rotatable bonds is 8. The fourth-order valence-corrected chi connectivity index (χ4v) is 6.53. The summed E-state index contributed by atoms with van der Waals surface area (Å²) in [5.74, 6) is -0.214. The number of H-pyrrole nitrogens is 1. The number of hydrogen-bond donors (Lipinski definition) is 2. The summed E-state index contributed by atoms with van der Waals surface area (Å²) in [6.45, 7) is 19.4. The molecule has 0 spiro atoms. The van der Waals surface area contributed by atoms with Gasteiger partial charge < -0.3 is 29.5 Å². The van der Waals surface area contributed by atoms with Crippen molar-refractivity contribution in [2.24, 2.45) is 0 Å². The summed E-state index contributed by atoms with van der Waals surface area (Å²) in [6, 6.07) is 14.6. The zero-order valence-electron chi connectivity index (χ0n) is 25.7. The monoisotopic (exact) mass is 582 g/mol. The molecule has 2 N–H and O–H groups in total. The van der Waals surface area contributed by atoms with Crippen LogP contribution in [0.25, 0.3) is 16.0 Å². The largest absolute Gasteiger partial charge is 0.381 e. The fraction of sp³-hybridized carbons (Fsp3) is 0.457. The van der Waals surface area contributed by atoms with Crippen LogP contribution in [0.5, 0.6) is 0 Å². The van der Waals surface area contributed by atoms with Crippen molar-refractivity contribution in [2.75, 3.05) is 37.9 Å². The predicted molar refractivity (Wildman–Crippen MR) is 170 cm³/mol. The molecule has 3 heterocycles. The Kier molecular flexibility index (Phi) is 9.34. The van der Waals surface area contributed by atoms with Gasteiger partial charge in [0.05, 0.1) is 26.1 Å². The number of nitrogens with zero attached hydrogens (tertiary/aromatic N) is 2. The van der Waals surface area contributed by atoms with E-state index in [0.717, 1.165) is 71.8 Å². The van der Waals surface area contributed by atoms with Crippen LogP contribution in [0, 0.1) is 27.3 Å². The number of amides is 1. The number of hydrogen-bond acceptors (Lipinski definition) is 5. The molecule has 8 nitrogen and oxygen atoms in total. The summed E-state index contributed by atoms with van der Waals surface area (Å²) in [7, 11) is 0. The minimum absolute atomic E-state index is 0.147. The van der Waals surface area contributed by atoms with Crippen molar-refractivity contribution < 1.29 is 14.3 Å². The van der Waals surface area contributed by atoms with Gasteiger partial charge in [0.2, 0.25) is 0 Å². The Balaban J connectivity index is 1.52. The van der Waals surface area contributed by atoms with E-state index in [-0.39, 0.29) is 18.0 Å². The molecule has 1 aromatic heterocycles. The van der Waals surface area contributed by atoms with Crippen molar-refractivity contribution in [3.05, 3.63) is 97.7 Å². The second-order valence-corrected chi connectivity index (χ2v) is 11.8. The molecule has 0 radical (unpaired) electrons. The number of aromatic nitrogens is 1. The van der Waals surface area contributed by atoms with Crippen molar-refractivity contribution >= 4 is 11.6 Å². The molecular formula is C35H42N4O4. The van der Waals surface area contributed by atoms with Crippen LogP contribution in [-0.2, 0) is 21.6 Å². The van der Waals surface area contributed by atoms with E-state index in [1.165, 1.54) is 0 Å². The quantitative estimate of drug-likeness (QED) is 0.327. The molecule has 0 saturated carbocycles. The number of aryl methyl sites for hydroxylation is 2. The van der Waals surface area contributed by atoms with Gasteiger partial charge in [-0.25, -0.2) is 6.57 Å². The highest BCUT2D eigenvalue weighted by Gasteiger charge is 2.40. The van der Waals surface area contributed by atoms with Crippen molar-refractivity contribution in [2.45, 2.75) is 71.5 Å². The first-order chi connectivity index (χ1) is 20.8. The van der Waals surface area contributed by atoms with Crippen LogP contribution in [0.1, 0.15) is 70.9 Å². The lowest BCUT2D eigenvalue weighted by molar-refractivity contribution is 0.0646. The van der Waals surface area contributed by atoms with Crippen LogP contribution in [0.15, 0.2) is 47.3 Å². The Morgan fingerprint density at radius 2 is 1.70 bits per heavy atom. The standard InChI is InChI=1S/C35H42N4O4/c1-6-39(29-11-15-42-16-12-29)32-21-27(26-7-9-28(10-8-26)35(36-5)13-17-43-18-14-35)20-30(25(32)4)33(40)37-22-31-23(2)19-24(3)38-34(31)41/h7-10,19-21,29H,6,11-18,22H2,1-4H3,(H,37,40)(H,38,41). The molecule has 226 valence electrons. The third-order valence-corrected chi connectivity index (χ3v) is 9.12. The summed E-state index contributed by atoms with van der Waals surface area (Å²) in [4.78, 5) is 35.7. The normalized spacial score (nSPS) is 16.8. The predicted octanol–water partition coefficient (Wildman–Crippen LogP) is 5.83. The maximum absolute atomic E-state index is 13.8. The Labute approximate surface area is 254 Å². The average molecular weight is 583 g/mol. The molecule has 5 rings (SSSR count). The smallest absolute Gasteiger partial charge is 0.261 e. The summed E-state index contributed by atoms with van der Waals surface area (Å²) in [6.07, 6.45) is 3.25. The number of benzene rings is 2. The molecule has 0 atom stereocenters. The van der Waals surface area contributed by atoms with Gasteiger partial charge in [0.1, 0.15) is 0 Å². The number of aromatic amines is 1. The molecule has 2 fully saturated rings. The van der Waals surface area contributed by atoms with Gasteiger partial charge in [0.25, 0.3) is 17.0 Å². The van der Waals surface area contributed by atoms with Gasteiger partial charge in [0.15, 0.2) is 0 Å². The van der Waals surface area contributed by atoms with E-state index in [9.17, 15) is 9.59 Å². The van der Waals surface area contributed by atoms with E-state index >= 15 is 0 Å². The maximum atomic E-state index is 13.8. The van der Waals surface area contributed by atoms with E-state index in [1.807, 2.05) is 32.9 Å². The Morgan fingerprint density at radius 3 is 2.33 bits per heavy atom. The van der Waals surface area contributed by atoms with Gasteiger partial charge in [-0.05, 0) is 81.0 Å². The summed E-state index contributed by atoms with van der Waals surface area (Å²) < 4.78 is 11.2. The van der Waals surface area contributed by atoms with E-state index < -0.39 is 5.54 Å². The van der Waals surface area contributed by atoms with Crippen molar-refractivity contribution in [3.8, 4) is 11.1 Å². The number of carbonyl (C=O) groups is 1. The lowest BCUT2D eigenvalue weighted by Gasteiger charge is -2.37. The molecule has 0 unspecified atom stereocenters. The molecule has 2 aromatic carbocycles. The number of carbonyl (C=O) groups excluding carboxylic acids is 1. The minimum Gasteiger partial charge on any atom is -0.381 e. The third-order valence-electron chi connectivity index (χ3n) is 9.12. The highest BCUT2D eigenvalue weighted by Crippen LogP contribution is 2.38. The molecular weight excluding hydrogens is 540 g/mol. The first-order valence-electron chi connectivity index (χ1n) is 15.3. The maximum Gasteiger partial charge on any atom is 0.261 e. The topological polar surface area (TPSA) is 88.0 Å². The van der Waals surface area contributed by atoms with Crippen LogP contribution in [-0.4, -0.2) is 49.9 Å². The SMILES string of the molecule is [C-]#[N+]C1(c2ccc(-c3cc(C(=O)NCc4c(C)cc(C)[nH]c4=O)c(C)c(N(CC)C4CCOCC4)c3)cc2)CCOCC1. The summed E-state index contributed by atoms with van der Waals surface area (Å²) in [5.41, 5.74) is 6.95. The first kappa shape index (κ1) is 30.5. The Morgan fingerprint density at radius 1 is 1.02 bits per heavy atom. The van der Waals surface area contributed by atoms with E-state index in [1.54, 1.807) is 0 Å². The van der Waals surface area contributed by atoms with Gasteiger partial charge in [0, 0.05) is 60.4 Å². The average Bonchev–Trinajstić information content (AvgIpc) is 3.02. The highest BCUT2D eigenvalue weighted by molar-refractivity contribution is 5.99. The van der Waals surface area contributed by atoms with Crippen molar-refractivity contribution in [3.63, 3.8) is 0 Å². The molecule has 3 aromatic rings. The van der Waals surface area contributed by atoms with Gasteiger partial charge in [-0.1, -0.05) is 24.3 Å². The number of nitrogens with one attached hydrogen (secondary N) is 2. The van der Waals surface area contributed by atoms with Crippen LogP contribution < -0.4 is 15.8 Å². The van der Waals surface area contributed by atoms with E-state index in [0.29, 0.717) is 43.2 Å². The second kappa shape index (κ2) is 13.2. The molecule has 1 amide bonds. The van der Waals surface area contributed by atoms with Crippen molar-refractivity contribution in [1.82, 2.24) is 10.3 Å². The minimum atomic E-state index is -0.547. The molecule has 43 heavy (non-hydrogen) atoms. The third kappa shape index (κ3) is 6.39. The molecule has 2 saturated heterocycles. The van der Waals surface area contributed by atoms with Crippen LogP contribution >= 0.6 is 0 Å². The Bertz CT molecular complexity index is 1560.